The average Bonchev–Trinajstić information content (AvgIpc) is 3.19. The molecule has 1 aromatic carbocycles. The van der Waals surface area contributed by atoms with Crippen LogP contribution >= 0.6 is 22.9 Å². The first kappa shape index (κ1) is 19.9. The SMILES string of the molecule is CC(C)(C)C=Cc1ccc(-c2cc(C(C)(C)O)nn2-c2ccccc2Cl)s1. The summed E-state index contributed by atoms with van der Waals surface area (Å²) < 4.78 is 1.82. The molecule has 3 aromatic rings. The third-order valence-electron chi connectivity index (χ3n) is 4.04. The quantitative estimate of drug-likeness (QED) is 0.539. The van der Waals surface area contributed by atoms with Gasteiger partial charge in [-0.05, 0) is 55.7 Å². The minimum atomic E-state index is -1.03. The molecule has 0 saturated heterocycles. The molecule has 3 rings (SSSR count). The third kappa shape index (κ3) is 4.70. The molecule has 2 heterocycles. The molecule has 142 valence electrons. The van der Waals surface area contributed by atoms with E-state index < -0.39 is 5.60 Å². The van der Waals surface area contributed by atoms with Gasteiger partial charge >= 0.3 is 0 Å². The summed E-state index contributed by atoms with van der Waals surface area (Å²) in [6.45, 7) is 10.0. The van der Waals surface area contributed by atoms with Crippen molar-refractivity contribution in [2.45, 2.75) is 40.2 Å². The number of aliphatic hydroxyl groups is 1. The van der Waals surface area contributed by atoms with Crippen molar-refractivity contribution in [1.29, 1.82) is 0 Å². The standard InChI is InChI=1S/C22H25ClN2OS/c1-21(2,3)13-12-15-10-11-19(27-15)18-14-20(22(4,5)26)24-25(18)17-9-7-6-8-16(17)23/h6-14,26H,1-5H3. The number of rotatable bonds is 4. The van der Waals surface area contributed by atoms with Crippen LogP contribution in [0.4, 0.5) is 0 Å². The van der Waals surface area contributed by atoms with Crippen molar-refractivity contribution in [3.05, 3.63) is 64.1 Å². The zero-order chi connectivity index (χ0) is 19.8. The molecule has 0 unspecified atom stereocenters. The molecule has 0 spiro atoms. The van der Waals surface area contributed by atoms with Gasteiger partial charge in [-0.1, -0.05) is 50.6 Å². The highest BCUT2D eigenvalue weighted by molar-refractivity contribution is 7.16. The van der Waals surface area contributed by atoms with Crippen molar-refractivity contribution in [2.24, 2.45) is 5.41 Å². The van der Waals surface area contributed by atoms with E-state index in [0.29, 0.717) is 10.7 Å². The lowest BCUT2D eigenvalue weighted by atomic mass is 9.96. The Bertz CT molecular complexity index is 971. The topological polar surface area (TPSA) is 38.1 Å². The lowest BCUT2D eigenvalue weighted by molar-refractivity contribution is 0.0734. The summed E-state index contributed by atoms with van der Waals surface area (Å²) in [6.07, 6.45) is 4.36. The molecular weight excluding hydrogens is 376 g/mol. The summed E-state index contributed by atoms with van der Waals surface area (Å²) in [5.41, 5.74) is 1.42. The monoisotopic (exact) mass is 400 g/mol. The largest absolute Gasteiger partial charge is 0.384 e. The van der Waals surface area contributed by atoms with Crippen LogP contribution in [0.1, 0.15) is 45.2 Å². The Hall–Kier alpha value is -1.88. The van der Waals surface area contributed by atoms with Gasteiger partial charge in [0.1, 0.15) is 5.60 Å². The fourth-order valence-corrected chi connectivity index (χ4v) is 3.70. The highest BCUT2D eigenvalue weighted by atomic mass is 35.5. The van der Waals surface area contributed by atoms with Crippen LogP contribution in [0.25, 0.3) is 22.3 Å². The van der Waals surface area contributed by atoms with Crippen molar-refractivity contribution in [3.8, 4) is 16.3 Å². The van der Waals surface area contributed by atoms with Gasteiger partial charge in [0.2, 0.25) is 0 Å². The number of aromatic nitrogens is 2. The molecule has 1 N–H and O–H groups in total. The summed E-state index contributed by atoms with van der Waals surface area (Å²) in [5, 5.41) is 15.7. The van der Waals surface area contributed by atoms with Crippen LogP contribution in [0.5, 0.6) is 0 Å². The highest BCUT2D eigenvalue weighted by Gasteiger charge is 2.24. The van der Waals surface area contributed by atoms with E-state index >= 15 is 0 Å². The number of nitrogens with zero attached hydrogens (tertiary/aromatic N) is 2. The van der Waals surface area contributed by atoms with Gasteiger partial charge in [-0.3, -0.25) is 0 Å². The fourth-order valence-electron chi connectivity index (χ4n) is 2.57. The number of para-hydroxylation sites is 1. The molecule has 27 heavy (non-hydrogen) atoms. The van der Waals surface area contributed by atoms with E-state index in [1.54, 1.807) is 25.2 Å². The lowest BCUT2D eigenvalue weighted by Gasteiger charge is -2.13. The Balaban J connectivity index is 2.10. The predicted molar refractivity (Wildman–Crippen MR) is 116 cm³/mol. The number of allylic oxidation sites excluding steroid dienone is 1. The van der Waals surface area contributed by atoms with Crippen LogP contribution < -0.4 is 0 Å². The number of hydrogen-bond acceptors (Lipinski definition) is 3. The van der Waals surface area contributed by atoms with Gasteiger partial charge in [0.05, 0.1) is 27.0 Å². The Morgan fingerprint density at radius 1 is 1.07 bits per heavy atom. The Morgan fingerprint density at radius 2 is 1.78 bits per heavy atom. The van der Waals surface area contributed by atoms with E-state index in [4.69, 9.17) is 11.6 Å². The number of thiophene rings is 1. The van der Waals surface area contributed by atoms with Crippen LogP contribution in [0.3, 0.4) is 0 Å². The van der Waals surface area contributed by atoms with Crippen molar-refractivity contribution in [3.63, 3.8) is 0 Å². The Morgan fingerprint density at radius 3 is 2.41 bits per heavy atom. The van der Waals surface area contributed by atoms with Crippen LogP contribution in [0.2, 0.25) is 5.02 Å². The summed E-state index contributed by atoms with van der Waals surface area (Å²) in [6, 6.07) is 13.7. The van der Waals surface area contributed by atoms with Crippen molar-refractivity contribution >= 4 is 29.0 Å². The number of halogens is 1. The molecule has 0 radical (unpaired) electrons. The summed E-state index contributed by atoms with van der Waals surface area (Å²) >= 11 is 8.11. The average molecular weight is 401 g/mol. The fraction of sp³-hybridized carbons (Fsp3) is 0.318. The van der Waals surface area contributed by atoms with Gasteiger partial charge in [0.25, 0.3) is 0 Å². The van der Waals surface area contributed by atoms with Crippen molar-refractivity contribution in [2.75, 3.05) is 0 Å². The molecule has 0 fully saturated rings. The molecule has 0 aliphatic carbocycles. The maximum absolute atomic E-state index is 10.5. The van der Waals surface area contributed by atoms with E-state index in [-0.39, 0.29) is 5.41 Å². The highest BCUT2D eigenvalue weighted by Crippen LogP contribution is 2.35. The van der Waals surface area contributed by atoms with Crippen LogP contribution in [0.15, 0.2) is 48.5 Å². The first-order valence-corrected chi connectivity index (χ1v) is 10.1. The molecule has 0 atom stereocenters. The molecule has 0 saturated carbocycles. The van der Waals surface area contributed by atoms with E-state index in [1.807, 2.05) is 35.0 Å². The first-order valence-electron chi connectivity index (χ1n) is 8.92. The van der Waals surface area contributed by atoms with Crippen molar-refractivity contribution in [1.82, 2.24) is 9.78 Å². The van der Waals surface area contributed by atoms with E-state index in [0.717, 1.165) is 16.3 Å². The normalized spacial score (nSPS) is 12.9. The van der Waals surface area contributed by atoms with Crippen LogP contribution in [-0.2, 0) is 5.60 Å². The molecule has 0 aliphatic rings. The molecule has 0 bridgehead atoms. The van der Waals surface area contributed by atoms with Gasteiger partial charge in [0.15, 0.2) is 0 Å². The van der Waals surface area contributed by atoms with Gasteiger partial charge in [0, 0.05) is 4.88 Å². The summed E-state index contributed by atoms with van der Waals surface area (Å²) in [4.78, 5) is 2.25. The van der Waals surface area contributed by atoms with E-state index in [2.05, 4.69) is 50.2 Å². The van der Waals surface area contributed by atoms with Gasteiger partial charge in [-0.15, -0.1) is 11.3 Å². The lowest BCUT2D eigenvalue weighted by Crippen LogP contribution is -2.16. The second-order valence-electron chi connectivity index (χ2n) is 8.24. The molecule has 5 heteroatoms. The molecule has 3 nitrogen and oxygen atoms in total. The summed E-state index contributed by atoms with van der Waals surface area (Å²) in [5.74, 6) is 0. The van der Waals surface area contributed by atoms with E-state index in [1.165, 1.54) is 4.88 Å². The van der Waals surface area contributed by atoms with Gasteiger partial charge < -0.3 is 5.11 Å². The predicted octanol–water partition coefficient (Wildman–Crippen LogP) is 6.54. The second kappa shape index (κ2) is 7.27. The maximum atomic E-state index is 10.5. The second-order valence-corrected chi connectivity index (χ2v) is 9.76. The number of benzene rings is 1. The zero-order valence-corrected chi connectivity index (χ0v) is 17.9. The van der Waals surface area contributed by atoms with Gasteiger partial charge in [-0.2, -0.15) is 5.10 Å². The van der Waals surface area contributed by atoms with E-state index in [9.17, 15) is 5.11 Å². The Labute approximate surface area is 169 Å². The maximum Gasteiger partial charge on any atom is 0.103 e. The zero-order valence-electron chi connectivity index (χ0n) is 16.3. The minimum absolute atomic E-state index is 0.136. The smallest absolute Gasteiger partial charge is 0.103 e. The number of hydrogen-bond donors (Lipinski definition) is 1. The Kier molecular flexibility index (Phi) is 5.35. The molecule has 0 aliphatic heterocycles. The summed E-state index contributed by atoms with van der Waals surface area (Å²) in [7, 11) is 0. The van der Waals surface area contributed by atoms with Crippen LogP contribution in [-0.4, -0.2) is 14.9 Å². The molecular formula is C22H25ClN2OS. The minimum Gasteiger partial charge on any atom is -0.384 e. The molecule has 2 aromatic heterocycles. The van der Waals surface area contributed by atoms with Crippen LogP contribution in [0, 0.1) is 5.41 Å². The third-order valence-corrected chi connectivity index (χ3v) is 5.44. The van der Waals surface area contributed by atoms with Gasteiger partial charge in [-0.25, -0.2) is 4.68 Å². The van der Waals surface area contributed by atoms with Crippen molar-refractivity contribution < 1.29 is 5.11 Å². The first-order chi connectivity index (χ1) is 12.5. The molecule has 0 amide bonds.